The lowest BCUT2D eigenvalue weighted by atomic mass is 10.2. The van der Waals surface area contributed by atoms with Crippen LogP contribution >= 0.6 is 45.2 Å². The Balaban J connectivity index is 2.84. The van der Waals surface area contributed by atoms with Gasteiger partial charge in [-0.3, -0.25) is 0 Å². The third-order valence-corrected chi connectivity index (χ3v) is 3.76. The van der Waals surface area contributed by atoms with Gasteiger partial charge in [0.2, 0.25) is 5.88 Å². The van der Waals surface area contributed by atoms with Gasteiger partial charge in [0, 0.05) is 8.96 Å². The maximum absolute atomic E-state index is 5.11. The van der Waals surface area contributed by atoms with E-state index in [0.717, 1.165) is 18.0 Å². The Hall–Kier alpha value is -0.180. The van der Waals surface area contributed by atoms with Crippen molar-refractivity contribution in [3.05, 3.63) is 25.3 Å². The lowest BCUT2D eigenvalue weighted by molar-refractivity contribution is 0.390. The molecule has 14 heavy (non-hydrogen) atoms. The van der Waals surface area contributed by atoms with Crippen LogP contribution in [0.25, 0.3) is 10.9 Å². The normalized spacial score (nSPS) is 10.5. The SMILES string of the molecule is COc1nnc2c(I)cccc2c1I. The molecular formula is C9H6I2N2O. The molecule has 0 aliphatic rings. The van der Waals surface area contributed by atoms with E-state index in [9.17, 15) is 0 Å². The molecule has 0 atom stereocenters. The summed E-state index contributed by atoms with van der Waals surface area (Å²) >= 11 is 4.48. The number of ether oxygens (including phenoxy) is 1. The molecule has 1 heterocycles. The molecular weight excluding hydrogens is 406 g/mol. The lowest BCUT2D eigenvalue weighted by Gasteiger charge is -2.04. The average Bonchev–Trinajstić information content (AvgIpc) is 2.20. The highest BCUT2D eigenvalue weighted by Gasteiger charge is 2.09. The van der Waals surface area contributed by atoms with Crippen molar-refractivity contribution in [3.63, 3.8) is 0 Å². The topological polar surface area (TPSA) is 35.0 Å². The van der Waals surface area contributed by atoms with E-state index in [1.807, 2.05) is 18.2 Å². The third kappa shape index (κ3) is 1.67. The summed E-state index contributed by atoms with van der Waals surface area (Å²) in [4.78, 5) is 0. The van der Waals surface area contributed by atoms with Crippen LogP contribution in [-0.2, 0) is 0 Å². The molecule has 0 saturated heterocycles. The Labute approximate surface area is 109 Å². The highest BCUT2D eigenvalue weighted by molar-refractivity contribution is 14.1. The minimum atomic E-state index is 0.583. The fourth-order valence-electron chi connectivity index (χ4n) is 1.18. The van der Waals surface area contributed by atoms with Crippen LogP contribution in [0.15, 0.2) is 18.2 Å². The second kappa shape index (κ2) is 4.13. The first-order chi connectivity index (χ1) is 6.74. The van der Waals surface area contributed by atoms with E-state index in [0.29, 0.717) is 5.88 Å². The van der Waals surface area contributed by atoms with Crippen molar-refractivity contribution in [3.8, 4) is 5.88 Å². The van der Waals surface area contributed by atoms with E-state index in [-0.39, 0.29) is 0 Å². The molecule has 0 fully saturated rings. The van der Waals surface area contributed by atoms with Crippen LogP contribution in [0, 0.1) is 7.14 Å². The highest BCUT2D eigenvalue weighted by Crippen LogP contribution is 2.27. The van der Waals surface area contributed by atoms with E-state index in [1.54, 1.807) is 7.11 Å². The smallest absolute Gasteiger partial charge is 0.247 e. The van der Waals surface area contributed by atoms with Gasteiger partial charge < -0.3 is 4.74 Å². The molecule has 5 heteroatoms. The predicted octanol–water partition coefficient (Wildman–Crippen LogP) is 2.85. The molecule has 0 saturated carbocycles. The highest BCUT2D eigenvalue weighted by atomic mass is 127. The fourth-order valence-corrected chi connectivity index (χ4v) is 2.55. The number of fused-ring (bicyclic) bond motifs is 1. The maximum Gasteiger partial charge on any atom is 0.247 e. The molecule has 1 aromatic heterocycles. The molecule has 0 amide bonds. The molecule has 1 aromatic carbocycles. The number of aromatic nitrogens is 2. The average molecular weight is 412 g/mol. The second-order valence-electron chi connectivity index (χ2n) is 2.66. The third-order valence-electron chi connectivity index (χ3n) is 1.85. The van der Waals surface area contributed by atoms with Gasteiger partial charge in [0.1, 0.15) is 5.52 Å². The maximum atomic E-state index is 5.11. The summed E-state index contributed by atoms with van der Waals surface area (Å²) in [5.74, 6) is 0.583. The van der Waals surface area contributed by atoms with Gasteiger partial charge in [-0.25, -0.2) is 0 Å². The molecule has 2 aromatic rings. The standard InChI is InChI=1S/C9H6I2N2O/c1-14-9-7(11)5-3-2-4-6(10)8(5)12-13-9/h2-4H,1H3. The van der Waals surface area contributed by atoms with Gasteiger partial charge in [-0.15, -0.1) is 10.2 Å². The van der Waals surface area contributed by atoms with E-state index >= 15 is 0 Å². The summed E-state index contributed by atoms with van der Waals surface area (Å²) in [7, 11) is 1.60. The summed E-state index contributed by atoms with van der Waals surface area (Å²) in [5.41, 5.74) is 0.929. The van der Waals surface area contributed by atoms with Crippen LogP contribution in [0.3, 0.4) is 0 Å². The van der Waals surface area contributed by atoms with Crippen molar-refractivity contribution in [1.82, 2.24) is 10.2 Å². The molecule has 72 valence electrons. The van der Waals surface area contributed by atoms with Crippen LogP contribution < -0.4 is 4.74 Å². The lowest BCUT2D eigenvalue weighted by Crippen LogP contribution is -1.96. The van der Waals surface area contributed by atoms with E-state index in [4.69, 9.17) is 4.74 Å². The number of hydrogen-bond acceptors (Lipinski definition) is 3. The summed E-state index contributed by atoms with van der Waals surface area (Å²) in [6, 6.07) is 6.05. The van der Waals surface area contributed by atoms with Gasteiger partial charge in [0.15, 0.2) is 0 Å². The zero-order valence-electron chi connectivity index (χ0n) is 7.29. The first-order valence-electron chi connectivity index (χ1n) is 3.88. The van der Waals surface area contributed by atoms with Crippen molar-refractivity contribution in [1.29, 1.82) is 0 Å². The number of benzene rings is 1. The largest absolute Gasteiger partial charge is 0.479 e. The number of halogens is 2. The Morgan fingerprint density at radius 1 is 1.21 bits per heavy atom. The van der Waals surface area contributed by atoms with Gasteiger partial charge in [0.05, 0.1) is 10.7 Å². The van der Waals surface area contributed by atoms with Crippen molar-refractivity contribution in [2.24, 2.45) is 0 Å². The second-order valence-corrected chi connectivity index (χ2v) is 4.90. The minimum absolute atomic E-state index is 0.583. The van der Waals surface area contributed by atoms with E-state index in [1.165, 1.54) is 0 Å². The molecule has 0 radical (unpaired) electrons. The van der Waals surface area contributed by atoms with Crippen molar-refractivity contribution in [2.75, 3.05) is 7.11 Å². The van der Waals surface area contributed by atoms with Gasteiger partial charge in [0.25, 0.3) is 0 Å². The Morgan fingerprint density at radius 3 is 2.71 bits per heavy atom. The first-order valence-corrected chi connectivity index (χ1v) is 6.04. The summed E-state index contributed by atoms with van der Waals surface area (Å²) in [6.45, 7) is 0. The minimum Gasteiger partial charge on any atom is -0.479 e. The number of methoxy groups -OCH3 is 1. The van der Waals surface area contributed by atoms with Crippen LogP contribution in [-0.4, -0.2) is 17.3 Å². The zero-order chi connectivity index (χ0) is 10.1. The Kier molecular flexibility index (Phi) is 3.05. The number of hydrogen-bond donors (Lipinski definition) is 0. The first kappa shape index (κ1) is 10.3. The van der Waals surface area contributed by atoms with Crippen molar-refractivity contribution >= 4 is 56.1 Å². The van der Waals surface area contributed by atoms with Gasteiger partial charge >= 0.3 is 0 Å². The Bertz CT molecular complexity index is 487. The zero-order valence-corrected chi connectivity index (χ0v) is 11.6. The van der Waals surface area contributed by atoms with Gasteiger partial charge in [-0.2, -0.15) is 0 Å². The number of nitrogens with zero attached hydrogens (tertiary/aromatic N) is 2. The summed E-state index contributed by atoms with van der Waals surface area (Å²) in [6.07, 6.45) is 0. The number of rotatable bonds is 1. The van der Waals surface area contributed by atoms with E-state index in [2.05, 4.69) is 55.4 Å². The Morgan fingerprint density at radius 2 is 2.00 bits per heavy atom. The molecule has 3 nitrogen and oxygen atoms in total. The molecule has 0 bridgehead atoms. The molecule has 0 aliphatic heterocycles. The van der Waals surface area contributed by atoms with E-state index < -0.39 is 0 Å². The van der Waals surface area contributed by atoms with Crippen LogP contribution in [0.4, 0.5) is 0 Å². The van der Waals surface area contributed by atoms with Crippen molar-refractivity contribution in [2.45, 2.75) is 0 Å². The van der Waals surface area contributed by atoms with Gasteiger partial charge in [-0.05, 0) is 51.2 Å². The monoisotopic (exact) mass is 412 g/mol. The predicted molar refractivity (Wildman–Crippen MR) is 71.5 cm³/mol. The van der Waals surface area contributed by atoms with Crippen LogP contribution in [0.1, 0.15) is 0 Å². The molecule has 2 rings (SSSR count). The fraction of sp³-hybridized carbons (Fsp3) is 0.111. The summed E-state index contributed by atoms with van der Waals surface area (Å²) < 4.78 is 7.22. The molecule has 0 spiro atoms. The van der Waals surface area contributed by atoms with Crippen molar-refractivity contribution < 1.29 is 4.74 Å². The molecule has 0 N–H and O–H groups in total. The molecule has 0 aliphatic carbocycles. The van der Waals surface area contributed by atoms with Crippen LogP contribution in [0.2, 0.25) is 0 Å². The molecule has 0 unspecified atom stereocenters. The quantitative estimate of drug-likeness (QED) is 0.677. The summed E-state index contributed by atoms with van der Waals surface area (Å²) in [5, 5.41) is 9.21. The van der Waals surface area contributed by atoms with Gasteiger partial charge in [-0.1, -0.05) is 12.1 Å². The van der Waals surface area contributed by atoms with Crippen LogP contribution in [0.5, 0.6) is 5.88 Å².